The molecule has 2 bridgehead atoms. The van der Waals surface area contributed by atoms with Crippen LogP contribution in [0.4, 0.5) is 8.78 Å². The number of hydrogen-bond acceptors (Lipinski definition) is 2. The van der Waals surface area contributed by atoms with Crippen LogP contribution >= 0.6 is 0 Å². The summed E-state index contributed by atoms with van der Waals surface area (Å²) in [6.45, 7) is 1.23. The molecule has 3 aliphatic rings. The van der Waals surface area contributed by atoms with E-state index in [2.05, 4.69) is 4.74 Å². The number of rotatable bonds is 2. The van der Waals surface area contributed by atoms with Crippen molar-refractivity contribution in [3.8, 4) is 0 Å². The Morgan fingerprint density at radius 3 is 2.13 bits per heavy atom. The number of esters is 1. The molecule has 0 atom stereocenters. The number of halogens is 2. The summed E-state index contributed by atoms with van der Waals surface area (Å²) in [6.07, 6.45) is 2.44. The molecule has 0 aromatic heterocycles. The van der Waals surface area contributed by atoms with Gasteiger partial charge in [0.1, 0.15) is 0 Å². The highest BCUT2D eigenvalue weighted by molar-refractivity contribution is 5.75. The zero-order chi connectivity index (χ0) is 11.1. The van der Waals surface area contributed by atoms with Crippen LogP contribution in [0.25, 0.3) is 0 Å². The summed E-state index contributed by atoms with van der Waals surface area (Å²) >= 11 is 0. The molecule has 0 aromatic carbocycles. The molecule has 5 heteroatoms. The van der Waals surface area contributed by atoms with Gasteiger partial charge in [0.05, 0.1) is 26.7 Å². The van der Waals surface area contributed by atoms with Gasteiger partial charge in [0.2, 0.25) is 0 Å². The van der Waals surface area contributed by atoms with Gasteiger partial charge in [0, 0.05) is 19.3 Å². The monoisotopic (exact) mass is 220 g/mol. The Kier molecular flexibility index (Phi) is 2.45. The van der Waals surface area contributed by atoms with Crippen molar-refractivity contribution in [2.24, 2.45) is 5.92 Å². The van der Waals surface area contributed by atoms with E-state index in [4.69, 9.17) is 0 Å². The lowest BCUT2D eigenvalue weighted by Gasteiger charge is -2.50. The molecule has 0 radical (unpaired) electrons. The van der Waals surface area contributed by atoms with E-state index in [0.717, 1.165) is 26.4 Å². The van der Waals surface area contributed by atoms with Crippen molar-refractivity contribution in [1.29, 1.82) is 0 Å². The summed E-state index contributed by atoms with van der Waals surface area (Å²) < 4.78 is 31.6. The highest BCUT2D eigenvalue weighted by Crippen LogP contribution is 2.42. The molecule has 3 fully saturated rings. The molecule has 3 saturated heterocycles. The third-order valence-electron chi connectivity index (χ3n) is 3.92. The number of ether oxygens (including phenoxy) is 1. The molecule has 0 amide bonds. The molecule has 0 saturated carbocycles. The molecule has 0 unspecified atom stereocenters. The van der Waals surface area contributed by atoms with E-state index in [-0.39, 0.29) is 4.48 Å². The quantitative estimate of drug-likeness (QED) is 0.399. The second kappa shape index (κ2) is 3.40. The number of alkyl halides is 2. The number of carbonyl (C=O) groups excluding carboxylic acids is 1. The van der Waals surface area contributed by atoms with E-state index in [1.54, 1.807) is 0 Å². The first kappa shape index (κ1) is 10.8. The maximum atomic E-state index is 13.9. The van der Waals surface area contributed by atoms with Gasteiger partial charge in [-0.15, -0.1) is 8.78 Å². The summed E-state index contributed by atoms with van der Waals surface area (Å²) in [5.41, 5.74) is 0. The van der Waals surface area contributed by atoms with Gasteiger partial charge in [-0.3, -0.25) is 4.48 Å². The van der Waals surface area contributed by atoms with Crippen molar-refractivity contribution >= 4 is 5.97 Å². The van der Waals surface area contributed by atoms with Gasteiger partial charge in [-0.25, -0.2) is 4.79 Å². The molecular weight excluding hydrogens is 204 g/mol. The maximum absolute atomic E-state index is 13.9. The van der Waals surface area contributed by atoms with Gasteiger partial charge in [-0.05, 0) is 5.92 Å². The highest BCUT2D eigenvalue weighted by atomic mass is 19.3. The molecule has 3 aliphatic heterocycles. The normalized spacial score (nSPS) is 35.3. The smallest absolute Gasteiger partial charge is 0.460 e. The number of carbonyl (C=O) groups is 1. The minimum Gasteiger partial charge on any atom is -0.460 e. The third-order valence-corrected chi connectivity index (χ3v) is 3.92. The average Bonchev–Trinajstić information content (AvgIpc) is 2.30. The summed E-state index contributed by atoms with van der Waals surface area (Å²) in [5, 5.41) is 0. The van der Waals surface area contributed by atoms with Crippen LogP contribution in [0.1, 0.15) is 19.3 Å². The highest BCUT2D eigenvalue weighted by Gasteiger charge is 2.63. The third kappa shape index (κ3) is 1.44. The van der Waals surface area contributed by atoms with Crippen molar-refractivity contribution < 1.29 is 22.8 Å². The standard InChI is InChI=1S/C10H16F2NO2/c1-15-9(14)10(11,12)13-5-2-8(3-6-13)4-7-13/h8H,2-7H2,1H3/q+1. The first-order valence-electron chi connectivity index (χ1n) is 5.34. The number of methoxy groups -OCH3 is 1. The molecule has 3 nitrogen and oxygen atoms in total. The van der Waals surface area contributed by atoms with Gasteiger partial charge >= 0.3 is 12.0 Å². The molecular formula is C10H16F2NO2+. The van der Waals surface area contributed by atoms with Crippen LogP contribution in [0.15, 0.2) is 0 Å². The number of piperidine rings is 3. The van der Waals surface area contributed by atoms with Gasteiger partial charge in [-0.2, -0.15) is 0 Å². The van der Waals surface area contributed by atoms with E-state index >= 15 is 0 Å². The number of fused-ring (bicyclic) bond motifs is 3. The average molecular weight is 220 g/mol. The molecule has 0 spiro atoms. The maximum Gasteiger partial charge on any atom is 0.491 e. The van der Waals surface area contributed by atoms with Crippen LogP contribution in [-0.4, -0.2) is 43.2 Å². The van der Waals surface area contributed by atoms with Gasteiger partial charge in [-0.1, -0.05) is 0 Å². The number of hydrogen-bond donors (Lipinski definition) is 0. The molecule has 15 heavy (non-hydrogen) atoms. The molecule has 3 rings (SSSR count). The van der Waals surface area contributed by atoms with Gasteiger partial charge in [0.15, 0.2) is 0 Å². The second-order valence-electron chi connectivity index (χ2n) is 4.58. The van der Waals surface area contributed by atoms with Crippen molar-refractivity contribution in [3.63, 3.8) is 0 Å². The van der Waals surface area contributed by atoms with E-state index in [1.165, 1.54) is 0 Å². The lowest BCUT2D eigenvalue weighted by Crippen LogP contribution is -2.69. The summed E-state index contributed by atoms with van der Waals surface area (Å²) in [6, 6.07) is -3.36. The van der Waals surface area contributed by atoms with E-state index in [0.29, 0.717) is 25.6 Å². The fourth-order valence-corrected chi connectivity index (χ4v) is 2.80. The largest absolute Gasteiger partial charge is 0.491 e. The molecule has 0 aliphatic carbocycles. The predicted molar refractivity (Wildman–Crippen MR) is 49.2 cm³/mol. The number of quaternary nitrogens is 1. The predicted octanol–water partition coefficient (Wildman–Crippen LogP) is 1.38. The Balaban J connectivity index is 2.23. The van der Waals surface area contributed by atoms with Crippen LogP contribution in [-0.2, 0) is 9.53 Å². The van der Waals surface area contributed by atoms with Crippen LogP contribution in [0.3, 0.4) is 0 Å². The second-order valence-corrected chi connectivity index (χ2v) is 4.58. The lowest BCUT2D eigenvalue weighted by atomic mass is 9.85. The van der Waals surface area contributed by atoms with Gasteiger partial charge < -0.3 is 4.74 Å². The Morgan fingerprint density at radius 2 is 1.73 bits per heavy atom. The Labute approximate surface area is 87.6 Å². The van der Waals surface area contributed by atoms with Crippen LogP contribution in [0.2, 0.25) is 0 Å². The van der Waals surface area contributed by atoms with Crippen molar-refractivity contribution in [1.82, 2.24) is 0 Å². The van der Waals surface area contributed by atoms with Gasteiger partial charge in [0.25, 0.3) is 0 Å². The zero-order valence-corrected chi connectivity index (χ0v) is 8.84. The Hall–Kier alpha value is -0.710. The first-order chi connectivity index (χ1) is 7.02. The Bertz CT molecular complexity index is 259. The van der Waals surface area contributed by atoms with E-state index in [1.807, 2.05) is 0 Å². The van der Waals surface area contributed by atoms with Crippen molar-refractivity contribution in [2.45, 2.75) is 25.3 Å². The van der Waals surface area contributed by atoms with E-state index < -0.39 is 12.0 Å². The fourth-order valence-electron chi connectivity index (χ4n) is 2.80. The molecule has 86 valence electrons. The van der Waals surface area contributed by atoms with Crippen LogP contribution < -0.4 is 0 Å². The lowest BCUT2D eigenvalue weighted by molar-refractivity contribution is -1.01. The minimum atomic E-state index is -3.36. The molecule has 0 N–H and O–H groups in total. The first-order valence-corrected chi connectivity index (χ1v) is 5.34. The topological polar surface area (TPSA) is 26.3 Å². The summed E-state index contributed by atoms with van der Waals surface area (Å²) in [4.78, 5) is 11.1. The van der Waals surface area contributed by atoms with Crippen molar-refractivity contribution in [2.75, 3.05) is 26.7 Å². The summed E-state index contributed by atoms with van der Waals surface area (Å²) in [5.74, 6) is -0.790. The van der Waals surface area contributed by atoms with Crippen LogP contribution in [0.5, 0.6) is 0 Å². The minimum absolute atomic E-state index is 0.379. The fraction of sp³-hybridized carbons (Fsp3) is 0.900. The van der Waals surface area contributed by atoms with Crippen LogP contribution in [0, 0.1) is 5.92 Å². The number of nitrogens with zero attached hydrogens (tertiary/aromatic N) is 1. The molecule has 0 aromatic rings. The SMILES string of the molecule is COC(=O)C(F)(F)[N+]12CCC(CC1)CC2. The Morgan fingerprint density at radius 1 is 1.27 bits per heavy atom. The molecule has 3 heterocycles. The zero-order valence-electron chi connectivity index (χ0n) is 8.84. The summed E-state index contributed by atoms with van der Waals surface area (Å²) in [7, 11) is 1.02. The van der Waals surface area contributed by atoms with Crippen molar-refractivity contribution in [3.05, 3.63) is 0 Å². The van der Waals surface area contributed by atoms with E-state index in [9.17, 15) is 13.6 Å².